The van der Waals surface area contributed by atoms with E-state index < -0.39 is 0 Å². The van der Waals surface area contributed by atoms with Crippen molar-refractivity contribution in [2.24, 2.45) is 0 Å². The number of rotatable bonds is 3. The van der Waals surface area contributed by atoms with Crippen molar-refractivity contribution in [3.8, 4) is 0 Å². The molecule has 2 nitrogen and oxygen atoms in total. The van der Waals surface area contributed by atoms with E-state index in [1.807, 2.05) is 13.0 Å². The van der Waals surface area contributed by atoms with Gasteiger partial charge in [-0.2, -0.15) is 0 Å². The van der Waals surface area contributed by atoms with Crippen LogP contribution in [-0.2, 0) is 0 Å². The Kier molecular flexibility index (Phi) is 2.55. The summed E-state index contributed by atoms with van der Waals surface area (Å²) in [6, 6.07) is 0. The topological polar surface area (TPSA) is 26.3 Å². The number of hydrogen-bond acceptors (Lipinski definition) is 2. The molecule has 0 aromatic heterocycles. The van der Waals surface area contributed by atoms with Crippen molar-refractivity contribution >= 4 is 0 Å². The highest BCUT2D eigenvalue weighted by atomic mass is 16.5. The molecule has 64 valence electrons. The quantitative estimate of drug-likeness (QED) is 0.624. The fourth-order valence-corrected chi connectivity index (χ4v) is 1.44. The molecular formula is C9H16NO-. The maximum Gasteiger partial charge on any atom is 0.0291 e. The van der Waals surface area contributed by atoms with E-state index in [2.05, 4.69) is 6.92 Å². The summed E-state index contributed by atoms with van der Waals surface area (Å²) < 4.78 is 0. The van der Waals surface area contributed by atoms with Crippen LogP contribution in [0.3, 0.4) is 0 Å². The molecule has 0 saturated carbocycles. The Morgan fingerprint density at radius 3 is 2.82 bits per heavy atom. The third kappa shape index (κ3) is 1.74. The van der Waals surface area contributed by atoms with Crippen molar-refractivity contribution in [1.82, 2.24) is 5.06 Å². The minimum absolute atomic E-state index is 0.129. The minimum atomic E-state index is -0.129. The molecule has 0 aromatic carbocycles. The molecule has 1 aliphatic heterocycles. The van der Waals surface area contributed by atoms with Crippen molar-refractivity contribution < 1.29 is 0 Å². The van der Waals surface area contributed by atoms with Gasteiger partial charge in [0, 0.05) is 5.54 Å². The predicted octanol–water partition coefficient (Wildman–Crippen LogP) is 2.65. The summed E-state index contributed by atoms with van der Waals surface area (Å²) in [5.41, 5.74) is -0.129. The molecule has 0 bridgehead atoms. The molecule has 1 atom stereocenters. The fraction of sp³-hybridized carbons (Fsp3) is 0.778. The number of unbranched alkanes of at least 4 members (excludes halogenated alkanes) is 1. The van der Waals surface area contributed by atoms with Gasteiger partial charge >= 0.3 is 0 Å². The van der Waals surface area contributed by atoms with Crippen LogP contribution in [-0.4, -0.2) is 10.6 Å². The molecule has 0 N–H and O–H groups in total. The average Bonchev–Trinajstić information content (AvgIpc) is 2.30. The molecule has 0 spiro atoms. The Morgan fingerprint density at radius 2 is 2.36 bits per heavy atom. The molecule has 2 heteroatoms. The van der Waals surface area contributed by atoms with E-state index in [1.54, 1.807) is 6.20 Å². The van der Waals surface area contributed by atoms with Gasteiger partial charge in [0.15, 0.2) is 0 Å². The van der Waals surface area contributed by atoms with Gasteiger partial charge < -0.3 is 10.3 Å². The van der Waals surface area contributed by atoms with Crippen molar-refractivity contribution in [2.75, 3.05) is 0 Å². The number of hydroxylamine groups is 2. The SMILES string of the molecule is CCCCC1(C)CC=CN1[O-]. The summed E-state index contributed by atoms with van der Waals surface area (Å²) in [5, 5.41) is 12.3. The summed E-state index contributed by atoms with van der Waals surface area (Å²) >= 11 is 0. The van der Waals surface area contributed by atoms with Gasteiger partial charge in [0.05, 0.1) is 0 Å². The molecule has 1 aliphatic rings. The van der Waals surface area contributed by atoms with Crippen molar-refractivity contribution in [1.29, 1.82) is 0 Å². The Hall–Kier alpha value is -0.500. The zero-order chi connectivity index (χ0) is 8.32. The first kappa shape index (κ1) is 8.60. The zero-order valence-electron chi connectivity index (χ0n) is 7.34. The fourth-order valence-electron chi connectivity index (χ4n) is 1.44. The van der Waals surface area contributed by atoms with Crippen LogP contribution >= 0.6 is 0 Å². The standard InChI is InChI=1S/C9H16NO/c1-3-4-6-9(2)7-5-8-10(9)11/h5,8H,3-4,6-7H2,1-2H3/q-1. The Balaban J connectivity index is 2.41. The molecule has 0 saturated heterocycles. The van der Waals surface area contributed by atoms with Gasteiger partial charge in [0.25, 0.3) is 0 Å². The highest BCUT2D eigenvalue weighted by Gasteiger charge is 2.25. The van der Waals surface area contributed by atoms with E-state index in [4.69, 9.17) is 0 Å². The van der Waals surface area contributed by atoms with Crippen molar-refractivity contribution in [2.45, 2.75) is 45.1 Å². The lowest BCUT2D eigenvalue weighted by atomic mass is 9.93. The first-order chi connectivity index (χ1) is 5.19. The highest BCUT2D eigenvalue weighted by molar-refractivity contribution is 5.06. The Bertz CT molecular complexity index is 156. The lowest BCUT2D eigenvalue weighted by molar-refractivity contribution is 0.231. The molecule has 0 radical (unpaired) electrons. The van der Waals surface area contributed by atoms with Gasteiger partial charge in [-0.1, -0.05) is 25.8 Å². The molecule has 1 unspecified atom stereocenters. The van der Waals surface area contributed by atoms with Gasteiger partial charge in [-0.05, 0) is 26.0 Å². The third-order valence-electron chi connectivity index (χ3n) is 2.40. The van der Waals surface area contributed by atoms with Gasteiger partial charge in [0.2, 0.25) is 0 Å². The van der Waals surface area contributed by atoms with Crippen LogP contribution in [0.2, 0.25) is 0 Å². The molecule has 1 heterocycles. The molecule has 0 aliphatic carbocycles. The normalized spacial score (nSPS) is 29.9. The summed E-state index contributed by atoms with van der Waals surface area (Å²) in [6.07, 6.45) is 7.86. The zero-order valence-corrected chi connectivity index (χ0v) is 7.34. The van der Waals surface area contributed by atoms with Crippen LogP contribution < -0.4 is 0 Å². The predicted molar refractivity (Wildman–Crippen MR) is 46.9 cm³/mol. The maximum atomic E-state index is 11.2. The second-order valence-corrected chi connectivity index (χ2v) is 3.52. The molecule has 0 amide bonds. The van der Waals surface area contributed by atoms with Crippen LogP contribution in [0.4, 0.5) is 0 Å². The lowest BCUT2D eigenvalue weighted by Crippen LogP contribution is -2.35. The summed E-state index contributed by atoms with van der Waals surface area (Å²) in [7, 11) is 0. The second-order valence-electron chi connectivity index (χ2n) is 3.52. The van der Waals surface area contributed by atoms with Crippen LogP contribution in [0, 0.1) is 5.21 Å². The van der Waals surface area contributed by atoms with Crippen molar-refractivity contribution in [3.63, 3.8) is 0 Å². The molecule has 1 rings (SSSR count). The van der Waals surface area contributed by atoms with Crippen LogP contribution in [0.15, 0.2) is 12.3 Å². The Morgan fingerprint density at radius 1 is 1.64 bits per heavy atom. The third-order valence-corrected chi connectivity index (χ3v) is 2.40. The number of hydrogen-bond donors (Lipinski definition) is 0. The molecule has 0 aromatic rings. The first-order valence-electron chi connectivity index (χ1n) is 4.32. The van der Waals surface area contributed by atoms with E-state index in [0.29, 0.717) is 0 Å². The minimum Gasteiger partial charge on any atom is -0.758 e. The van der Waals surface area contributed by atoms with Gasteiger partial charge in [-0.15, -0.1) is 0 Å². The van der Waals surface area contributed by atoms with E-state index in [-0.39, 0.29) is 5.54 Å². The largest absolute Gasteiger partial charge is 0.758 e. The average molecular weight is 154 g/mol. The molecule has 11 heavy (non-hydrogen) atoms. The highest BCUT2D eigenvalue weighted by Crippen LogP contribution is 2.30. The monoisotopic (exact) mass is 154 g/mol. The van der Waals surface area contributed by atoms with E-state index in [1.165, 1.54) is 6.42 Å². The summed E-state index contributed by atoms with van der Waals surface area (Å²) in [5.74, 6) is 0. The smallest absolute Gasteiger partial charge is 0.0291 e. The lowest BCUT2D eigenvalue weighted by Gasteiger charge is -2.41. The van der Waals surface area contributed by atoms with Crippen molar-refractivity contribution in [3.05, 3.63) is 17.5 Å². The molecule has 0 fully saturated rings. The maximum absolute atomic E-state index is 11.2. The summed E-state index contributed by atoms with van der Waals surface area (Å²) in [6.45, 7) is 4.19. The summed E-state index contributed by atoms with van der Waals surface area (Å²) in [4.78, 5) is 0. The Labute approximate surface area is 68.5 Å². The van der Waals surface area contributed by atoms with Gasteiger partial charge in [0.1, 0.15) is 0 Å². The van der Waals surface area contributed by atoms with E-state index in [9.17, 15) is 5.21 Å². The van der Waals surface area contributed by atoms with Crippen LogP contribution in [0.5, 0.6) is 0 Å². The van der Waals surface area contributed by atoms with Gasteiger partial charge in [-0.25, -0.2) is 0 Å². The van der Waals surface area contributed by atoms with E-state index >= 15 is 0 Å². The van der Waals surface area contributed by atoms with Crippen LogP contribution in [0.25, 0.3) is 0 Å². The van der Waals surface area contributed by atoms with Crippen LogP contribution in [0.1, 0.15) is 39.5 Å². The number of nitrogens with zero attached hydrogens (tertiary/aromatic N) is 1. The second kappa shape index (κ2) is 3.26. The van der Waals surface area contributed by atoms with E-state index in [0.717, 1.165) is 24.3 Å². The van der Waals surface area contributed by atoms with Gasteiger partial charge in [-0.3, -0.25) is 0 Å². The molecular weight excluding hydrogens is 138 g/mol. The first-order valence-corrected chi connectivity index (χ1v) is 4.32.